The Labute approximate surface area is 149 Å². The predicted molar refractivity (Wildman–Crippen MR) is 106 cm³/mol. The van der Waals surface area contributed by atoms with Crippen LogP contribution in [0, 0.1) is 0 Å². The first-order valence-electron chi connectivity index (χ1n) is 9.11. The van der Waals surface area contributed by atoms with Crippen molar-refractivity contribution < 1.29 is 4.90 Å². The van der Waals surface area contributed by atoms with E-state index in [9.17, 15) is 0 Å². The Morgan fingerprint density at radius 3 is 2.20 bits per heavy atom. The lowest BCUT2D eigenvalue weighted by atomic mass is 10.1. The van der Waals surface area contributed by atoms with Crippen LogP contribution >= 0.6 is 0 Å². The zero-order valence-corrected chi connectivity index (χ0v) is 15.0. The standard InChI is InChI=1S/C23H24N2/c1-3-25-22-12-8-7-11-20(22)21-15-19(13-14-23(21)25)17-24(2)16-18-9-5-4-6-10-18/h4-15H,3,16-17H2,1-2H3/p+1. The molecule has 0 bridgehead atoms. The van der Waals surface area contributed by atoms with Crippen molar-refractivity contribution in [2.75, 3.05) is 7.05 Å². The number of fused-ring (bicyclic) bond motifs is 3. The Kier molecular flexibility index (Phi) is 4.29. The molecule has 0 saturated carbocycles. The molecule has 1 heterocycles. The molecule has 126 valence electrons. The molecule has 3 aromatic carbocycles. The van der Waals surface area contributed by atoms with Crippen LogP contribution in [0.4, 0.5) is 0 Å². The summed E-state index contributed by atoms with van der Waals surface area (Å²) in [5.74, 6) is 0. The third kappa shape index (κ3) is 3.06. The van der Waals surface area contributed by atoms with E-state index in [4.69, 9.17) is 0 Å². The van der Waals surface area contributed by atoms with E-state index in [1.54, 1.807) is 0 Å². The molecule has 0 spiro atoms. The van der Waals surface area contributed by atoms with Gasteiger partial charge in [-0.05, 0) is 25.1 Å². The van der Waals surface area contributed by atoms with Crippen LogP contribution in [0.25, 0.3) is 21.8 Å². The zero-order chi connectivity index (χ0) is 17.2. The summed E-state index contributed by atoms with van der Waals surface area (Å²) in [5, 5.41) is 2.74. The van der Waals surface area contributed by atoms with Crippen molar-refractivity contribution in [3.8, 4) is 0 Å². The molecule has 4 rings (SSSR count). The van der Waals surface area contributed by atoms with E-state index in [1.165, 1.54) is 37.8 Å². The molecule has 1 unspecified atom stereocenters. The number of quaternary nitrogens is 1. The monoisotopic (exact) mass is 329 g/mol. The quantitative estimate of drug-likeness (QED) is 0.566. The summed E-state index contributed by atoms with van der Waals surface area (Å²) in [5.41, 5.74) is 5.47. The van der Waals surface area contributed by atoms with Gasteiger partial charge < -0.3 is 9.47 Å². The first kappa shape index (κ1) is 15.9. The summed E-state index contributed by atoms with van der Waals surface area (Å²) < 4.78 is 2.41. The molecule has 0 aliphatic rings. The summed E-state index contributed by atoms with van der Waals surface area (Å²) in [6, 6.07) is 26.5. The van der Waals surface area contributed by atoms with E-state index in [0.29, 0.717) is 0 Å². The average molecular weight is 329 g/mol. The van der Waals surface area contributed by atoms with Gasteiger partial charge in [0.15, 0.2) is 0 Å². The van der Waals surface area contributed by atoms with Gasteiger partial charge in [0.05, 0.1) is 7.05 Å². The first-order chi connectivity index (χ1) is 12.3. The molecule has 2 heteroatoms. The van der Waals surface area contributed by atoms with Crippen molar-refractivity contribution in [2.24, 2.45) is 0 Å². The van der Waals surface area contributed by atoms with Gasteiger partial charge in [0.2, 0.25) is 0 Å². The number of hydrogen-bond acceptors (Lipinski definition) is 0. The van der Waals surface area contributed by atoms with Crippen LogP contribution in [0.2, 0.25) is 0 Å². The fraction of sp³-hybridized carbons (Fsp3) is 0.217. The van der Waals surface area contributed by atoms with Crippen LogP contribution in [-0.2, 0) is 19.6 Å². The van der Waals surface area contributed by atoms with Crippen LogP contribution in [0.3, 0.4) is 0 Å². The number of nitrogens with one attached hydrogen (secondary N) is 1. The number of hydrogen-bond donors (Lipinski definition) is 1. The van der Waals surface area contributed by atoms with Crippen LogP contribution in [-0.4, -0.2) is 11.6 Å². The van der Waals surface area contributed by atoms with Crippen molar-refractivity contribution in [1.82, 2.24) is 4.57 Å². The van der Waals surface area contributed by atoms with Gasteiger partial charge in [0.1, 0.15) is 13.1 Å². The molecule has 0 radical (unpaired) electrons. The van der Waals surface area contributed by atoms with Gasteiger partial charge in [-0.2, -0.15) is 0 Å². The Morgan fingerprint density at radius 1 is 0.720 bits per heavy atom. The third-order valence-corrected chi connectivity index (χ3v) is 5.01. The van der Waals surface area contributed by atoms with Gasteiger partial charge in [-0.15, -0.1) is 0 Å². The molecule has 4 aromatic rings. The topological polar surface area (TPSA) is 9.37 Å². The highest BCUT2D eigenvalue weighted by Gasteiger charge is 2.11. The van der Waals surface area contributed by atoms with E-state index in [0.717, 1.165) is 19.6 Å². The van der Waals surface area contributed by atoms with Gasteiger partial charge in [0, 0.05) is 39.5 Å². The van der Waals surface area contributed by atoms with Crippen molar-refractivity contribution in [3.05, 3.63) is 83.9 Å². The van der Waals surface area contributed by atoms with Gasteiger partial charge in [-0.3, -0.25) is 0 Å². The second-order valence-corrected chi connectivity index (χ2v) is 6.91. The average Bonchev–Trinajstić information content (AvgIpc) is 2.95. The van der Waals surface area contributed by atoms with Gasteiger partial charge in [-0.25, -0.2) is 0 Å². The Morgan fingerprint density at radius 2 is 1.40 bits per heavy atom. The normalized spacial score (nSPS) is 12.7. The zero-order valence-electron chi connectivity index (χ0n) is 15.0. The molecule has 1 aromatic heterocycles. The number of benzene rings is 3. The molecular weight excluding hydrogens is 304 g/mol. The largest absolute Gasteiger partial charge is 0.341 e. The highest BCUT2D eigenvalue weighted by atomic mass is 15.1. The lowest BCUT2D eigenvalue weighted by Crippen LogP contribution is -3.06. The van der Waals surface area contributed by atoms with Gasteiger partial charge in [0.25, 0.3) is 0 Å². The molecule has 0 aliphatic heterocycles. The molecule has 2 nitrogen and oxygen atoms in total. The van der Waals surface area contributed by atoms with Crippen molar-refractivity contribution in [2.45, 2.75) is 26.6 Å². The summed E-state index contributed by atoms with van der Waals surface area (Å²) in [7, 11) is 2.27. The minimum atomic E-state index is 1.00. The maximum Gasteiger partial charge on any atom is 0.103 e. The summed E-state index contributed by atoms with van der Waals surface area (Å²) in [6.07, 6.45) is 0. The highest BCUT2D eigenvalue weighted by molar-refractivity contribution is 6.08. The van der Waals surface area contributed by atoms with E-state index < -0.39 is 0 Å². The van der Waals surface area contributed by atoms with E-state index in [2.05, 4.69) is 91.3 Å². The van der Waals surface area contributed by atoms with E-state index in [-0.39, 0.29) is 0 Å². The Balaban J connectivity index is 1.66. The number of nitrogens with zero attached hydrogens (tertiary/aromatic N) is 1. The van der Waals surface area contributed by atoms with Gasteiger partial charge >= 0.3 is 0 Å². The van der Waals surface area contributed by atoms with E-state index >= 15 is 0 Å². The fourth-order valence-electron chi connectivity index (χ4n) is 3.91. The highest BCUT2D eigenvalue weighted by Crippen LogP contribution is 2.29. The summed E-state index contributed by atoms with van der Waals surface area (Å²) >= 11 is 0. The first-order valence-corrected chi connectivity index (χ1v) is 9.11. The molecule has 25 heavy (non-hydrogen) atoms. The number of rotatable bonds is 5. The molecule has 1 atom stereocenters. The predicted octanol–water partition coefficient (Wildman–Crippen LogP) is 4.03. The third-order valence-electron chi connectivity index (χ3n) is 5.01. The molecule has 0 aliphatic carbocycles. The van der Waals surface area contributed by atoms with Gasteiger partial charge in [-0.1, -0.05) is 54.6 Å². The Bertz CT molecular complexity index is 999. The lowest BCUT2D eigenvalue weighted by molar-refractivity contribution is -0.907. The molecule has 1 N–H and O–H groups in total. The number of para-hydroxylation sites is 1. The smallest absolute Gasteiger partial charge is 0.103 e. The fourth-order valence-corrected chi connectivity index (χ4v) is 3.91. The number of aromatic nitrogens is 1. The summed E-state index contributed by atoms with van der Waals surface area (Å²) in [6.45, 7) is 5.31. The van der Waals surface area contributed by atoms with Crippen LogP contribution in [0.5, 0.6) is 0 Å². The summed E-state index contributed by atoms with van der Waals surface area (Å²) in [4.78, 5) is 1.50. The Hall–Kier alpha value is -2.58. The maximum absolute atomic E-state index is 2.41. The SMILES string of the molecule is CCn1c2ccccc2c2cc(C[NH+](C)Cc3ccccc3)ccc21. The minimum Gasteiger partial charge on any atom is -0.341 e. The molecular formula is C23H25N2+. The van der Waals surface area contributed by atoms with Crippen LogP contribution in [0.1, 0.15) is 18.1 Å². The molecule has 0 fully saturated rings. The lowest BCUT2D eigenvalue weighted by Gasteiger charge is -2.14. The van der Waals surface area contributed by atoms with Crippen molar-refractivity contribution >= 4 is 21.8 Å². The van der Waals surface area contributed by atoms with Crippen molar-refractivity contribution in [3.63, 3.8) is 0 Å². The molecule has 0 amide bonds. The second-order valence-electron chi connectivity index (χ2n) is 6.91. The second kappa shape index (κ2) is 6.73. The van der Waals surface area contributed by atoms with Crippen LogP contribution in [0.15, 0.2) is 72.8 Å². The van der Waals surface area contributed by atoms with E-state index in [1.807, 2.05) is 0 Å². The number of aryl methyl sites for hydroxylation is 1. The van der Waals surface area contributed by atoms with Crippen molar-refractivity contribution in [1.29, 1.82) is 0 Å². The maximum atomic E-state index is 2.41. The molecule has 0 saturated heterocycles. The van der Waals surface area contributed by atoms with Crippen LogP contribution < -0.4 is 4.90 Å². The minimum absolute atomic E-state index is 1.00.